The Balaban J connectivity index is 2.76. The van der Waals surface area contributed by atoms with Crippen molar-refractivity contribution in [2.45, 2.75) is 32.7 Å². The number of nitrogens with zero attached hydrogens (tertiary/aromatic N) is 2. The van der Waals surface area contributed by atoms with Gasteiger partial charge in [-0.2, -0.15) is 4.98 Å². The van der Waals surface area contributed by atoms with E-state index in [1.54, 1.807) is 19.4 Å². The largest absolute Gasteiger partial charge is 0.481 e. The van der Waals surface area contributed by atoms with E-state index in [2.05, 4.69) is 36.1 Å². The summed E-state index contributed by atoms with van der Waals surface area (Å²) in [6, 6.07) is 2.12. The Bertz CT molecular complexity index is 304. The van der Waals surface area contributed by atoms with Gasteiger partial charge in [0.05, 0.1) is 7.11 Å². The van der Waals surface area contributed by atoms with Gasteiger partial charge in [0.1, 0.15) is 5.82 Å². The molecule has 2 atom stereocenters. The molecular formula is C11H19N3O. The molecule has 2 unspecified atom stereocenters. The number of nitrogens with one attached hydrogen (secondary N) is 1. The second-order valence-electron chi connectivity index (χ2n) is 3.59. The fourth-order valence-electron chi connectivity index (χ4n) is 1.41. The topological polar surface area (TPSA) is 47.0 Å². The maximum absolute atomic E-state index is 5.07. The van der Waals surface area contributed by atoms with Gasteiger partial charge < -0.3 is 10.1 Å². The number of rotatable bonds is 5. The van der Waals surface area contributed by atoms with Crippen LogP contribution in [0.15, 0.2) is 12.3 Å². The molecule has 0 amide bonds. The zero-order valence-electron chi connectivity index (χ0n) is 9.82. The predicted octanol–water partition coefficient (Wildman–Crippen LogP) is 1.59. The van der Waals surface area contributed by atoms with Crippen molar-refractivity contribution in [1.82, 2.24) is 15.3 Å². The normalized spacial score (nSPS) is 14.7. The molecule has 0 saturated heterocycles. The number of hydrogen-bond acceptors (Lipinski definition) is 4. The minimum absolute atomic E-state index is 0.278. The quantitative estimate of drug-likeness (QED) is 0.800. The molecule has 0 radical (unpaired) electrons. The summed E-state index contributed by atoms with van der Waals surface area (Å²) >= 11 is 0. The highest BCUT2D eigenvalue weighted by Gasteiger charge is 2.16. The first-order valence-corrected chi connectivity index (χ1v) is 5.29. The first kappa shape index (κ1) is 11.9. The average Bonchev–Trinajstić information content (AvgIpc) is 2.28. The van der Waals surface area contributed by atoms with Crippen LogP contribution >= 0.6 is 0 Å². The molecule has 0 aliphatic carbocycles. The van der Waals surface area contributed by atoms with E-state index in [9.17, 15) is 0 Å². The Hall–Kier alpha value is -1.16. The Labute approximate surface area is 91.1 Å². The Morgan fingerprint density at radius 1 is 1.47 bits per heavy atom. The molecule has 84 valence electrons. The van der Waals surface area contributed by atoms with Gasteiger partial charge in [-0.3, -0.25) is 0 Å². The van der Waals surface area contributed by atoms with Crippen LogP contribution in [0.5, 0.6) is 5.88 Å². The minimum Gasteiger partial charge on any atom is -0.481 e. The zero-order chi connectivity index (χ0) is 11.3. The second kappa shape index (κ2) is 5.66. The third kappa shape index (κ3) is 3.16. The highest BCUT2D eigenvalue weighted by atomic mass is 16.5. The van der Waals surface area contributed by atoms with Crippen LogP contribution in [0.4, 0.5) is 0 Å². The van der Waals surface area contributed by atoms with Gasteiger partial charge in [-0.05, 0) is 13.5 Å². The smallest absolute Gasteiger partial charge is 0.216 e. The molecule has 1 rings (SSSR count). The van der Waals surface area contributed by atoms with Crippen molar-refractivity contribution in [3.05, 3.63) is 18.1 Å². The summed E-state index contributed by atoms with van der Waals surface area (Å²) in [6.07, 6.45) is 1.73. The van der Waals surface area contributed by atoms with E-state index in [4.69, 9.17) is 4.74 Å². The van der Waals surface area contributed by atoms with Crippen LogP contribution in [-0.4, -0.2) is 29.7 Å². The van der Waals surface area contributed by atoms with Gasteiger partial charge in [0.2, 0.25) is 5.88 Å². The van der Waals surface area contributed by atoms with Crippen LogP contribution in [0.3, 0.4) is 0 Å². The third-order valence-corrected chi connectivity index (χ3v) is 2.54. The van der Waals surface area contributed by atoms with Gasteiger partial charge in [-0.25, -0.2) is 4.98 Å². The van der Waals surface area contributed by atoms with Gasteiger partial charge >= 0.3 is 0 Å². The van der Waals surface area contributed by atoms with Crippen LogP contribution in [0.2, 0.25) is 0 Å². The molecule has 1 N–H and O–H groups in total. The number of likely N-dealkylation sites (N-methyl/N-ethyl adjacent to an activating group) is 1. The molecule has 0 bridgehead atoms. The highest BCUT2D eigenvalue weighted by Crippen LogP contribution is 2.16. The fourth-order valence-corrected chi connectivity index (χ4v) is 1.41. The van der Waals surface area contributed by atoms with Crippen molar-refractivity contribution in [3.63, 3.8) is 0 Å². The maximum atomic E-state index is 5.07. The monoisotopic (exact) mass is 209 g/mol. The molecule has 0 aliphatic heterocycles. The average molecular weight is 209 g/mol. The summed E-state index contributed by atoms with van der Waals surface area (Å²) < 4.78 is 5.07. The first-order chi connectivity index (χ1) is 7.19. The number of aromatic nitrogens is 2. The van der Waals surface area contributed by atoms with E-state index in [1.165, 1.54) is 0 Å². The third-order valence-electron chi connectivity index (χ3n) is 2.54. The Morgan fingerprint density at radius 3 is 2.80 bits per heavy atom. The van der Waals surface area contributed by atoms with E-state index < -0.39 is 0 Å². The summed E-state index contributed by atoms with van der Waals surface area (Å²) in [4.78, 5) is 8.58. The molecule has 0 saturated carbocycles. The standard InChI is InChI=1S/C11H19N3O/c1-5-12-9(3)8(2)11-13-7-6-10(14-11)15-4/h6-9,12H,5H2,1-4H3. The van der Waals surface area contributed by atoms with Crippen molar-refractivity contribution in [3.8, 4) is 5.88 Å². The molecule has 15 heavy (non-hydrogen) atoms. The van der Waals surface area contributed by atoms with Crippen molar-refractivity contribution in [2.75, 3.05) is 13.7 Å². The van der Waals surface area contributed by atoms with E-state index in [-0.39, 0.29) is 5.92 Å². The van der Waals surface area contributed by atoms with Crippen LogP contribution in [0.1, 0.15) is 32.5 Å². The summed E-state index contributed by atoms with van der Waals surface area (Å²) in [5.74, 6) is 1.72. The lowest BCUT2D eigenvalue weighted by atomic mass is 10.0. The van der Waals surface area contributed by atoms with Gasteiger partial charge in [-0.15, -0.1) is 0 Å². The summed E-state index contributed by atoms with van der Waals surface area (Å²) in [5.41, 5.74) is 0. The van der Waals surface area contributed by atoms with E-state index in [1.807, 2.05) is 0 Å². The molecule has 0 spiro atoms. The summed E-state index contributed by atoms with van der Waals surface area (Å²) in [5, 5.41) is 3.36. The van der Waals surface area contributed by atoms with Crippen LogP contribution < -0.4 is 10.1 Å². The molecule has 4 heteroatoms. The van der Waals surface area contributed by atoms with Crippen molar-refractivity contribution in [1.29, 1.82) is 0 Å². The molecule has 4 nitrogen and oxygen atoms in total. The highest BCUT2D eigenvalue weighted by molar-refractivity contribution is 5.11. The van der Waals surface area contributed by atoms with Crippen molar-refractivity contribution in [2.24, 2.45) is 0 Å². The number of ether oxygens (including phenoxy) is 1. The number of hydrogen-bond donors (Lipinski definition) is 1. The summed E-state index contributed by atoms with van der Waals surface area (Å²) in [7, 11) is 1.62. The molecule has 0 fully saturated rings. The molecule has 1 heterocycles. The van der Waals surface area contributed by atoms with Crippen LogP contribution in [0, 0.1) is 0 Å². The van der Waals surface area contributed by atoms with Gasteiger partial charge in [0, 0.05) is 24.2 Å². The van der Waals surface area contributed by atoms with Crippen LogP contribution in [-0.2, 0) is 0 Å². The van der Waals surface area contributed by atoms with E-state index in [0.29, 0.717) is 11.9 Å². The molecule has 1 aromatic heterocycles. The molecule has 1 aromatic rings. The predicted molar refractivity (Wildman–Crippen MR) is 60.1 cm³/mol. The number of methoxy groups -OCH3 is 1. The lowest BCUT2D eigenvalue weighted by Gasteiger charge is -2.19. The lowest BCUT2D eigenvalue weighted by Crippen LogP contribution is -2.31. The first-order valence-electron chi connectivity index (χ1n) is 5.29. The van der Waals surface area contributed by atoms with Gasteiger partial charge in [0.15, 0.2) is 0 Å². The maximum Gasteiger partial charge on any atom is 0.216 e. The Kier molecular flexibility index (Phi) is 4.49. The second-order valence-corrected chi connectivity index (χ2v) is 3.59. The fraction of sp³-hybridized carbons (Fsp3) is 0.636. The van der Waals surface area contributed by atoms with Crippen molar-refractivity contribution >= 4 is 0 Å². The lowest BCUT2D eigenvalue weighted by molar-refractivity contribution is 0.389. The minimum atomic E-state index is 0.278. The summed E-state index contributed by atoms with van der Waals surface area (Å²) in [6.45, 7) is 7.30. The van der Waals surface area contributed by atoms with Crippen molar-refractivity contribution < 1.29 is 4.74 Å². The van der Waals surface area contributed by atoms with E-state index >= 15 is 0 Å². The molecule has 0 aliphatic rings. The zero-order valence-corrected chi connectivity index (χ0v) is 9.82. The molecular weight excluding hydrogens is 190 g/mol. The van der Waals surface area contributed by atoms with E-state index in [0.717, 1.165) is 12.4 Å². The molecule has 0 aromatic carbocycles. The van der Waals surface area contributed by atoms with Crippen LogP contribution in [0.25, 0.3) is 0 Å². The van der Waals surface area contributed by atoms with Gasteiger partial charge in [0.25, 0.3) is 0 Å². The SMILES string of the molecule is CCNC(C)C(C)c1nccc(OC)n1. The van der Waals surface area contributed by atoms with Gasteiger partial charge in [-0.1, -0.05) is 13.8 Å². The Morgan fingerprint density at radius 2 is 2.20 bits per heavy atom.